The minimum atomic E-state index is -1.37. The van der Waals surface area contributed by atoms with Crippen molar-refractivity contribution in [2.24, 2.45) is 0 Å². The Morgan fingerprint density at radius 1 is 0.627 bits per heavy atom. The second kappa shape index (κ2) is 17.3. The SMILES string of the molecule is Cc1cc(C)c(/C=C/c2ccc(N(c3ccc(C=C4C(=O)N(CC(=O)O)C(=S)N(CC(=O)O)C4=O)cc3)c3ccc(-c4ccc(-c5ccccc5)s4)cc3)cc2)c(C)c1. The van der Waals surface area contributed by atoms with Crippen LogP contribution in [0.15, 0.2) is 133 Å². The number of benzene rings is 5. The second-order valence-corrected chi connectivity index (χ2v) is 15.6. The summed E-state index contributed by atoms with van der Waals surface area (Å²) in [6.07, 6.45) is 5.58. The third-order valence-corrected chi connectivity index (χ3v) is 11.5. The van der Waals surface area contributed by atoms with Crippen LogP contribution >= 0.6 is 23.6 Å². The van der Waals surface area contributed by atoms with Gasteiger partial charge in [-0.05, 0) is 127 Å². The minimum absolute atomic E-state index is 0.398. The molecule has 1 aliphatic heterocycles. The summed E-state index contributed by atoms with van der Waals surface area (Å²) in [5.41, 5.74) is 10.8. The lowest BCUT2D eigenvalue weighted by Gasteiger charge is -2.34. The molecule has 0 aliphatic carbocycles. The molecule has 11 heteroatoms. The van der Waals surface area contributed by atoms with Crippen molar-refractivity contribution in [1.82, 2.24) is 9.80 Å². The molecule has 1 aromatic heterocycles. The normalized spacial score (nSPS) is 13.0. The van der Waals surface area contributed by atoms with Gasteiger partial charge >= 0.3 is 11.9 Å². The van der Waals surface area contributed by atoms with Crippen LogP contribution in [0.4, 0.5) is 17.1 Å². The van der Waals surface area contributed by atoms with Crippen LogP contribution in [0.2, 0.25) is 0 Å². The maximum atomic E-state index is 13.4. The predicted octanol–water partition coefficient (Wildman–Crippen LogP) is 10.2. The fourth-order valence-corrected chi connectivity index (χ4v) is 8.41. The molecule has 0 unspecified atom stereocenters. The fraction of sp³-hybridized carbons (Fsp3) is 0.104. The van der Waals surface area contributed by atoms with Gasteiger partial charge in [0.15, 0.2) is 5.11 Å². The first kappa shape index (κ1) is 40.3. The number of anilines is 3. The number of thiocarbonyl (C=S) groups is 1. The smallest absolute Gasteiger partial charge is 0.323 e. The highest BCUT2D eigenvalue weighted by atomic mass is 32.1. The van der Waals surface area contributed by atoms with Crippen molar-refractivity contribution in [3.8, 4) is 20.9 Å². The van der Waals surface area contributed by atoms with Crippen LogP contribution in [0.5, 0.6) is 0 Å². The lowest BCUT2D eigenvalue weighted by Crippen LogP contribution is -2.58. The molecule has 0 spiro atoms. The Hall–Kier alpha value is -6.95. The number of aryl methyl sites for hydroxylation is 3. The van der Waals surface area contributed by atoms with Gasteiger partial charge in [-0.25, -0.2) is 0 Å². The topological polar surface area (TPSA) is 118 Å². The number of carboxylic acids is 2. The van der Waals surface area contributed by atoms with E-state index in [1.165, 1.54) is 38.8 Å². The molecule has 7 rings (SSSR count). The largest absolute Gasteiger partial charge is 0.480 e. The molecule has 0 bridgehead atoms. The molecule has 1 fully saturated rings. The quantitative estimate of drug-likeness (QED) is 0.0543. The Bertz CT molecular complexity index is 2590. The number of aliphatic carboxylic acids is 2. The van der Waals surface area contributed by atoms with E-state index in [0.29, 0.717) is 15.4 Å². The number of amides is 2. The molecule has 2 amide bonds. The van der Waals surface area contributed by atoms with E-state index < -0.39 is 47.5 Å². The number of rotatable bonds is 12. The first-order valence-corrected chi connectivity index (χ1v) is 19.9. The molecule has 294 valence electrons. The van der Waals surface area contributed by atoms with E-state index in [-0.39, 0.29) is 0 Å². The number of carbonyl (C=O) groups excluding carboxylic acids is 2. The van der Waals surface area contributed by atoms with Crippen molar-refractivity contribution in [3.05, 3.63) is 166 Å². The molecule has 2 N–H and O–H groups in total. The summed E-state index contributed by atoms with van der Waals surface area (Å²) < 4.78 is 0. The summed E-state index contributed by atoms with van der Waals surface area (Å²) >= 11 is 6.89. The molecule has 59 heavy (non-hydrogen) atoms. The summed E-state index contributed by atoms with van der Waals surface area (Å²) in [5, 5.41) is 18.4. The van der Waals surface area contributed by atoms with E-state index in [0.717, 1.165) is 33.1 Å². The van der Waals surface area contributed by atoms with Crippen molar-refractivity contribution < 1.29 is 29.4 Å². The van der Waals surface area contributed by atoms with Gasteiger partial charge in [0.05, 0.1) is 0 Å². The molecular weight excluding hydrogens is 779 g/mol. The number of carboxylic acid groups (broad SMARTS) is 2. The average molecular weight is 818 g/mol. The second-order valence-electron chi connectivity index (χ2n) is 14.2. The van der Waals surface area contributed by atoms with Crippen LogP contribution in [0.25, 0.3) is 39.1 Å². The molecule has 1 saturated heterocycles. The van der Waals surface area contributed by atoms with E-state index in [4.69, 9.17) is 12.2 Å². The first-order valence-electron chi connectivity index (χ1n) is 18.7. The first-order chi connectivity index (χ1) is 28.4. The number of thiophene rings is 1. The predicted molar refractivity (Wildman–Crippen MR) is 239 cm³/mol. The van der Waals surface area contributed by atoms with Gasteiger partial charge in [-0.15, -0.1) is 11.3 Å². The maximum Gasteiger partial charge on any atom is 0.323 e. The van der Waals surface area contributed by atoms with Crippen LogP contribution in [0.1, 0.15) is 33.4 Å². The van der Waals surface area contributed by atoms with E-state index in [2.05, 4.69) is 123 Å². The number of hydrogen-bond acceptors (Lipinski definition) is 7. The van der Waals surface area contributed by atoms with E-state index in [1.807, 2.05) is 30.3 Å². The third-order valence-electron chi connectivity index (χ3n) is 9.87. The Kier molecular flexibility index (Phi) is 11.8. The Morgan fingerprint density at radius 3 is 1.58 bits per heavy atom. The highest BCUT2D eigenvalue weighted by Crippen LogP contribution is 2.39. The van der Waals surface area contributed by atoms with E-state index >= 15 is 0 Å². The Labute approximate surface area is 351 Å². The van der Waals surface area contributed by atoms with Crippen molar-refractivity contribution in [2.45, 2.75) is 20.8 Å². The summed E-state index contributed by atoms with van der Waals surface area (Å²) in [5.74, 6) is -4.57. The fourth-order valence-electron chi connectivity index (χ4n) is 7.10. The molecule has 2 heterocycles. The average Bonchev–Trinajstić information content (AvgIpc) is 3.72. The molecule has 1 aliphatic rings. The van der Waals surface area contributed by atoms with E-state index in [9.17, 15) is 29.4 Å². The standard InChI is InChI=1S/C48H39N3O6S2/c1-30-25-31(2)40(32(3)26-30)22-13-33-9-16-37(17-10-33)51(39-20-14-36(15-21-39)43-24-23-42(59-43)35-7-5-4-6-8-35)38-18-11-34(12-19-38)27-41-46(56)49(28-44(52)53)48(58)50(47(41)57)29-45(54)55/h4-27H,28-29H2,1-3H3,(H,52,53)(H,54,55)/b22-13+. The van der Waals surface area contributed by atoms with E-state index in [1.54, 1.807) is 23.5 Å². The van der Waals surface area contributed by atoms with Crippen molar-refractivity contribution in [2.75, 3.05) is 18.0 Å². The van der Waals surface area contributed by atoms with Crippen LogP contribution < -0.4 is 4.90 Å². The highest BCUT2D eigenvalue weighted by Gasteiger charge is 2.41. The molecular formula is C48H39N3O6S2. The molecule has 5 aromatic carbocycles. The summed E-state index contributed by atoms with van der Waals surface area (Å²) in [4.78, 5) is 55.7. The Balaban J connectivity index is 1.22. The van der Waals surface area contributed by atoms with Gasteiger partial charge in [0.1, 0.15) is 18.7 Å². The van der Waals surface area contributed by atoms with Crippen LogP contribution in [-0.4, -0.2) is 62.0 Å². The van der Waals surface area contributed by atoms with Crippen molar-refractivity contribution >= 4 is 87.7 Å². The lowest BCUT2D eigenvalue weighted by molar-refractivity contribution is -0.145. The summed E-state index contributed by atoms with van der Waals surface area (Å²) in [6, 6.07) is 42.7. The maximum absolute atomic E-state index is 13.4. The zero-order valence-corrected chi connectivity index (χ0v) is 34.1. The van der Waals surface area contributed by atoms with Crippen molar-refractivity contribution in [3.63, 3.8) is 0 Å². The van der Waals surface area contributed by atoms with Gasteiger partial charge in [0.25, 0.3) is 11.8 Å². The number of nitrogens with zero attached hydrogens (tertiary/aromatic N) is 3. The molecule has 0 atom stereocenters. The molecule has 0 radical (unpaired) electrons. The summed E-state index contributed by atoms with van der Waals surface area (Å²) in [7, 11) is 0. The van der Waals surface area contributed by atoms with Gasteiger partial charge in [-0.2, -0.15) is 0 Å². The third kappa shape index (κ3) is 8.96. The van der Waals surface area contributed by atoms with Crippen molar-refractivity contribution in [1.29, 1.82) is 0 Å². The lowest BCUT2D eigenvalue weighted by atomic mass is 9.99. The van der Waals surface area contributed by atoms with Gasteiger partial charge < -0.3 is 15.1 Å². The summed E-state index contributed by atoms with van der Waals surface area (Å²) in [6.45, 7) is 4.69. The zero-order chi connectivity index (χ0) is 41.8. The minimum Gasteiger partial charge on any atom is -0.480 e. The molecule has 6 aromatic rings. The van der Waals surface area contributed by atoms with Crippen LogP contribution in [0.3, 0.4) is 0 Å². The molecule has 9 nitrogen and oxygen atoms in total. The number of carbonyl (C=O) groups is 4. The monoisotopic (exact) mass is 817 g/mol. The number of hydrogen-bond donors (Lipinski definition) is 2. The zero-order valence-electron chi connectivity index (χ0n) is 32.5. The van der Waals surface area contributed by atoms with Gasteiger partial charge in [-0.3, -0.25) is 29.0 Å². The van der Waals surface area contributed by atoms with Crippen LogP contribution in [0, 0.1) is 20.8 Å². The van der Waals surface area contributed by atoms with Gasteiger partial charge in [0, 0.05) is 26.8 Å². The highest BCUT2D eigenvalue weighted by molar-refractivity contribution is 7.80. The van der Waals surface area contributed by atoms with Gasteiger partial charge in [-0.1, -0.05) is 96.6 Å². The van der Waals surface area contributed by atoms with Crippen LogP contribution in [-0.2, 0) is 19.2 Å². The molecule has 0 saturated carbocycles. The van der Waals surface area contributed by atoms with Gasteiger partial charge in [0.2, 0.25) is 0 Å². The Morgan fingerprint density at radius 2 is 1.08 bits per heavy atom.